The summed E-state index contributed by atoms with van der Waals surface area (Å²) in [5.41, 5.74) is 0.575. The van der Waals surface area contributed by atoms with Gasteiger partial charge in [0.25, 0.3) is 11.8 Å². The second kappa shape index (κ2) is 6.27. The molecule has 6 nitrogen and oxygen atoms in total. The lowest BCUT2D eigenvalue weighted by Gasteiger charge is -2.34. The van der Waals surface area contributed by atoms with Crippen molar-refractivity contribution in [2.24, 2.45) is 0 Å². The molecule has 1 aromatic carbocycles. The molecule has 1 unspecified atom stereocenters. The summed E-state index contributed by atoms with van der Waals surface area (Å²) in [7, 11) is 3.33. The van der Waals surface area contributed by atoms with Crippen LogP contribution in [0.15, 0.2) is 24.3 Å². The highest BCUT2D eigenvalue weighted by Gasteiger charge is 2.40. The van der Waals surface area contributed by atoms with Gasteiger partial charge in [-0.2, -0.15) is 0 Å². The maximum Gasteiger partial charge on any atom is 0.260 e. The van der Waals surface area contributed by atoms with Gasteiger partial charge in [0, 0.05) is 5.02 Å². The van der Waals surface area contributed by atoms with E-state index in [9.17, 15) is 9.59 Å². The van der Waals surface area contributed by atoms with Gasteiger partial charge in [0.05, 0.1) is 5.69 Å². The van der Waals surface area contributed by atoms with Crippen molar-refractivity contribution >= 4 is 46.4 Å². The van der Waals surface area contributed by atoms with Crippen molar-refractivity contribution in [2.45, 2.75) is 6.04 Å². The minimum Gasteiger partial charge on any atom is -0.412 e. The zero-order valence-electron chi connectivity index (χ0n) is 10.9. The van der Waals surface area contributed by atoms with Crippen molar-refractivity contribution in [1.29, 1.82) is 0 Å². The molecule has 1 atom stereocenters. The van der Waals surface area contributed by atoms with E-state index in [1.54, 1.807) is 43.3 Å². The molecule has 2 amide bonds. The number of hydrogen-bond acceptors (Lipinski definition) is 4. The Morgan fingerprint density at radius 2 is 1.80 bits per heavy atom. The molecule has 1 heterocycles. The van der Waals surface area contributed by atoms with Crippen molar-refractivity contribution in [3.8, 4) is 0 Å². The van der Waals surface area contributed by atoms with Crippen LogP contribution >= 0.6 is 23.8 Å². The summed E-state index contributed by atoms with van der Waals surface area (Å²) in [6.45, 7) is 0. The van der Waals surface area contributed by atoms with Crippen LogP contribution in [0.1, 0.15) is 0 Å². The van der Waals surface area contributed by atoms with Crippen molar-refractivity contribution in [1.82, 2.24) is 10.2 Å². The fourth-order valence-corrected chi connectivity index (χ4v) is 2.28. The SMILES string of the molecule is CN(C)C1C(=O)NC(=S)N(c2ccc(Cl)cc2)C1=O.O. The number of carbonyl (C=O) groups excluding carboxylic acids is 2. The maximum atomic E-state index is 12.4. The molecule has 1 aliphatic rings. The average Bonchev–Trinajstić information content (AvgIpc) is 2.30. The molecule has 0 radical (unpaired) electrons. The molecule has 0 aliphatic carbocycles. The van der Waals surface area contributed by atoms with Crippen LogP contribution in [0.2, 0.25) is 5.02 Å². The number of halogens is 1. The first-order valence-corrected chi connectivity index (χ1v) is 6.31. The van der Waals surface area contributed by atoms with Crippen LogP contribution < -0.4 is 10.2 Å². The molecule has 1 saturated heterocycles. The molecule has 8 heteroatoms. The Kier molecular flexibility index (Phi) is 5.18. The highest BCUT2D eigenvalue weighted by Crippen LogP contribution is 2.21. The number of nitrogens with one attached hydrogen (secondary N) is 1. The first-order chi connectivity index (χ1) is 8.91. The summed E-state index contributed by atoms with van der Waals surface area (Å²) in [4.78, 5) is 27.0. The van der Waals surface area contributed by atoms with E-state index in [-0.39, 0.29) is 16.5 Å². The van der Waals surface area contributed by atoms with Gasteiger partial charge >= 0.3 is 0 Å². The van der Waals surface area contributed by atoms with Crippen molar-refractivity contribution in [2.75, 3.05) is 19.0 Å². The zero-order valence-corrected chi connectivity index (χ0v) is 12.5. The van der Waals surface area contributed by atoms with Crippen LogP contribution in [-0.2, 0) is 9.59 Å². The Balaban J connectivity index is 0.00000200. The largest absolute Gasteiger partial charge is 0.412 e. The van der Waals surface area contributed by atoms with Gasteiger partial charge in [0.15, 0.2) is 11.2 Å². The van der Waals surface area contributed by atoms with E-state index in [4.69, 9.17) is 23.8 Å². The number of nitrogens with zero attached hydrogens (tertiary/aromatic N) is 2. The zero-order chi connectivity index (χ0) is 14.2. The number of amides is 2. The quantitative estimate of drug-likeness (QED) is 0.624. The molecule has 1 aliphatic heterocycles. The molecule has 3 N–H and O–H groups in total. The van der Waals surface area contributed by atoms with Gasteiger partial charge in [-0.05, 0) is 50.6 Å². The lowest BCUT2D eigenvalue weighted by atomic mass is 10.1. The predicted octanol–water partition coefficient (Wildman–Crippen LogP) is 0.193. The maximum absolute atomic E-state index is 12.4. The highest BCUT2D eigenvalue weighted by molar-refractivity contribution is 7.80. The van der Waals surface area contributed by atoms with Gasteiger partial charge in [-0.1, -0.05) is 11.6 Å². The van der Waals surface area contributed by atoms with E-state index < -0.39 is 11.9 Å². The van der Waals surface area contributed by atoms with Gasteiger partial charge < -0.3 is 10.8 Å². The van der Waals surface area contributed by atoms with Crippen LogP contribution in [0.4, 0.5) is 5.69 Å². The fourth-order valence-electron chi connectivity index (χ4n) is 1.85. The standard InChI is InChI=1S/C12H12ClN3O2S.H2O/c1-15(2)9-10(17)14-12(19)16(11(9)18)8-5-3-7(13)4-6-8;/h3-6,9H,1-2H3,(H,14,17,19);1H2. The number of likely N-dealkylation sites (N-methyl/N-ethyl adjacent to an activating group) is 1. The number of anilines is 1. The number of carbonyl (C=O) groups is 2. The summed E-state index contributed by atoms with van der Waals surface area (Å²) in [5.74, 6) is -0.786. The predicted molar refractivity (Wildman–Crippen MR) is 80.8 cm³/mol. The van der Waals surface area contributed by atoms with E-state index in [2.05, 4.69) is 5.32 Å². The summed E-state index contributed by atoms with van der Waals surface area (Å²) in [6.07, 6.45) is 0. The third-order valence-corrected chi connectivity index (χ3v) is 3.27. The summed E-state index contributed by atoms with van der Waals surface area (Å²) in [6, 6.07) is 5.79. The molecule has 0 spiro atoms. The van der Waals surface area contributed by atoms with Crippen LogP contribution in [0.3, 0.4) is 0 Å². The minimum absolute atomic E-state index is 0. The van der Waals surface area contributed by atoms with Gasteiger partial charge in [-0.15, -0.1) is 0 Å². The summed E-state index contributed by atoms with van der Waals surface area (Å²) >= 11 is 10.9. The lowest BCUT2D eigenvalue weighted by molar-refractivity contribution is -0.134. The molecule has 0 bridgehead atoms. The van der Waals surface area contributed by atoms with Crippen LogP contribution in [-0.4, -0.2) is 47.4 Å². The van der Waals surface area contributed by atoms with E-state index in [0.717, 1.165) is 0 Å². The molecule has 2 rings (SSSR count). The van der Waals surface area contributed by atoms with E-state index in [1.807, 2.05) is 0 Å². The summed E-state index contributed by atoms with van der Waals surface area (Å²) < 4.78 is 0. The van der Waals surface area contributed by atoms with Gasteiger partial charge in [0.1, 0.15) is 0 Å². The first kappa shape index (κ1) is 16.5. The van der Waals surface area contributed by atoms with Crippen LogP contribution in [0.25, 0.3) is 0 Å². The van der Waals surface area contributed by atoms with Crippen molar-refractivity contribution in [3.05, 3.63) is 29.3 Å². The number of thiocarbonyl (C=S) groups is 1. The molecular weight excluding hydrogens is 302 g/mol. The first-order valence-electron chi connectivity index (χ1n) is 5.52. The minimum atomic E-state index is -0.887. The Morgan fingerprint density at radius 3 is 2.30 bits per heavy atom. The van der Waals surface area contributed by atoms with Crippen molar-refractivity contribution < 1.29 is 15.1 Å². The topological polar surface area (TPSA) is 84.2 Å². The molecule has 20 heavy (non-hydrogen) atoms. The molecule has 1 fully saturated rings. The Morgan fingerprint density at radius 1 is 1.25 bits per heavy atom. The van der Waals surface area contributed by atoms with Gasteiger partial charge in [0.2, 0.25) is 0 Å². The van der Waals surface area contributed by atoms with E-state index in [1.165, 1.54) is 4.90 Å². The molecule has 0 saturated carbocycles. The normalized spacial score (nSPS) is 18.9. The molecular formula is C12H14ClN3O3S. The molecule has 1 aromatic rings. The van der Waals surface area contributed by atoms with E-state index in [0.29, 0.717) is 10.7 Å². The van der Waals surface area contributed by atoms with Crippen LogP contribution in [0, 0.1) is 0 Å². The third-order valence-electron chi connectivity index (χ3n) is 2.74. The van der Waals surface area contributed by atoms with Gasteiger partial charge in [-0.25, -0.2) is 0 Å². The highest BCUT2D eigenvalue weighted by atomic mass is 35.5. The average molecular weight is 316 g/mol. The Hall–Kier alpha value is -1.54. The Bertz CT molecular complexity index is 547. The second-order valence-electron chi connectivity index (χ2n) is 4.31. The molecule has 0 aromatic heterocycles. The van der Waals surface area contributed by atoms with Crippen molar-refractivity contribution in [3.63, 3.8) is 0 Å². The van der Waals surface area contributed by atoms with Gasteiger partial charge in [-0.3, -0.25) is 19.4 Å². The molecule has 108 valence electrons. The van der Waals surface area contributed by atoms with E-state index >= 15 is 0 Å². The monoisotopic (exact) mass is 315 g/mol. The number of rotatable bonds is 2. The summed E-state index contributed by atoms with van der Waals surface area (Å²) in [5, 5.41) is 3.17. The fraction of sp³-hybridized carbons (Fsp3) is 0.250. The smallest absolute Gasteiger partial charge is 0.260 e. The van der Waals surface area contributed by atoms with Crippen LogP contribution in [0.5, 0.6) is 0 Å². The number of benzene rings is 1. The third kappa shape index (κ3) is 2.96. The Labute approximate surface area is 126 Å². The lowest BCUT2D eigenvalue weighted by Crippen LogP contribution is -2.64. The second-order valence-corrected chi connectivity index (χ2v) is 5.13. The number of hydrogen-bond donors (Lipinski definition) is 1.